The Kier molecular flexibility index (Phi) is 5.90. The number of carbonyl (C=O) groups excluding carboxylic acids is 3. The van der Waals surface area contributed by atoms with E-state index in [1.807, 2.05) is 6.07 Å². The normalized spacial score (nSPS) is 10.4. The number of rotatable bonds is 5. The zero-order chi connectivity index (χ0) is 20.1. The number of carbonyl (C=O) groups is 3. The molecule has 2 amide bonds. The third-order valence-corrected chi connectivity index (χ3v) is 4.81. The number of thiophene rings is 1. The lowest BCUT2D eigenvalue weighted by atomic mass is 10.1. The van der Waals surface area contributed by atoms with E-state index in [9.17, 15) is 23.2 Å². The van der Waals surface area contributed by atoms with Gasteiger partial charge in [0.1, 0.15) is 0 Å². The lowest BCUT2D eigenvalue weighted by Gasteiger charge is -2.06. The molecule has 0 saturated carbocycles. The van der Waals surface area contributed by atoms with Crippen LogP contribution >= 0.6 is 11.3 Å². The highest BCUT2D eigenvalue weighted by molar-refractivity contribution is 7.14. The van der Waals surface area contributed by atoms with E-state index in [2.05, 4.69) is 10.6 Å². The number of anilines is 1. The fourth-order valence-corrected chi connectivity index (χ4v) is 3.25. The zero-order valence-electron chi connectivity index (χ0n) is 14.4. The molecule has 142 valence electrons. The predicted molar refractivity (Wildman–Crippen MR) is 101 cm³/mol. The van der Waals surface area contributed by atoms with Crippen molar-refractivity contribution in [2.75, 3.05) is 5.32 Å². The molecule has 3 aromatic rings. The van der Waals surface area contributed by atoms with Crippen LogP contribution < -0.4 is 10.6 Å². The van der Waals surface area contributed by atoms with Gasteiger partial charge in [-0.05, 0) is 24.3 Å². The number of benzene rings is 2. The molecule has 0 fully saturated rings. The van der Waals surface area contributed by atoms with E-state index in [1.165, 1.54) is 11.3 Å². The Morgan fingerprint density at radius 2 is 1.61 bits per heavy atom. The standard InChI is InChI=1S/C20H14F2N2O3S/c21-15-8-6-13(10-16(15)22)24-20(27)19(26)23-11-14-7-9-17(28-14)18(25)12-4-2-1-3-5-12/h1-10H,11H2,(H,23,26)(H,24,27). The molecule has 3 rings (SSSR count). The number of ketones is 1. The van der Waals surface area contributed by atoms with E-state index < -0.39 is 23.4 Å². The fourth-order valence-electron chi connectivity index (χ4n) is 2.34. The summed E-state index contributed by atoms with van der Waals surface area (Å²) in [6.07, 6.45) is 0. The van der Waals surface area contributed by atoms with Crippen molar-refractivity contribution in [3.05, 3.63) is 87.6 Å². The molecule has 1 heterocycles. The maximum absolute atomic E-state index is 13.1. The molecule has 0 aliphatic heterocycles. The molecule has 1 aromatic heterocycles. The van der Waals surface area contributed by atoms with Gasteiger partial charge < -0.3 is 10.6 Å². The van der Waals surface area contributed by atoms with E-state index in [0.717, 1.165) is 18.2 Å². The molecule has 0 saturated heterocycles. The van der Waals surface area contributed by atoms with E-state index in [-0.39, 0.29) is 18.0 Å². The lowest BCUT2D eigenvalue weighted by Crippen LogP contribution is -2.34. The van der Waals surface area contributed by atoms with Crippen LogP contribution in [-0.4, -0.2) is 17.6 Å². The third-order valence-electron chi connectivity index (χ3n) is 3.73. The van der Waals surface area contributed by atoms with Crippen LogP contribution in [0.1, 0.15) is 20.1 Å². The van der Waals surface area contributed by atoms with Crippen LogP contribution in [0.15, 0.2) is 60.7 Å². The molecule has 0 aliphatic rings. The fraction of sp³-hybridized carbons (Fsp3) is 0.0500. The third kappa shape index (κ3) is 4.66. The van der Waals surface area contributed by atoms with Crippen molar-refractivity contribution in [1.29, 1.82) is 0 Å². The van der Waals surface area contributed by atoms with Crippen molar-refractivity contribution in [2.45, 2.75) is 6.54 Å². The van der Waals surface area contributed by atoms with Crippen molar-refractivity contribution in [2.24, 2.45) is 0 Å². The van der Waals surface area contributed by atoms with Gasteiger partial charge in [-0.15, -0.1) is 11.3 Å². The Hall–Kier alpha value is -3.39. The first-order valence-electron chi connectivity index (χ1n) is 8.17. The Balaban J connectivity index is 1.56. The molecule has 0 spiro atoms. The lowest BCUT2D eigenvalue weighted by molar-refractivity contribution is -0.136. The zero-order valence-corrected chi connectivity index (χ0v) is 15.2. The molecule has 0 radical (unpaired) electrons. The van der Waals surface area contributed by atoms with Crippen molar-refractivity contribution in [1.82, 2.24) is 5.32 Å². The second-order valence-corrected chi connectivity index (χ2v) is 6.90. The van der Waals surface area contributed by atoms with Crippen LogP contribution in [0.3, 0.4) is 0 Å². The molecule has 0 atom stereocenters. The summed E-state index contributed by atoms with van der Waals surface area (Å²) in [6.45, 7) is 0.0523. The maximum atomic E-state index is 13.1. The average Bonchev–Trinajstić information content (AvgIpc) is 3.18. The summed E-state index contributed by atoms with van der Waals surface area (Å²) < 4.78 is 26.0. The van der Waals surface area contributed by atoms with Gasteiger partial charge in [0.05, 0.1) is 11.4 Å². The van der Waals surface area contributed by atoms with Gasteiger partial charge >= 0.3 is 11.8 Å². The van der Waals surface area contributed by atoms with Gasteiger partial charge in [0, 0.05) is 22.2 Å². The van der Waals surface area contributed by atoms with E-state index in [4.69, 9.17) is 0 Å². The van der Waals surface area contributed by atoms with Crippen molar-refractivity contribution in [3.63, 3.8) is 0 Å². The van der Waals surface area contributed by atoms with Gasteiger partial charge in [-0.3, -0.25) is 14.4 Å². The number of nitrogens with one attached hydrogen (secondary N) is 2. The number of hydrogen-bond acceptors (Lipinski definition) is 4. The van der Waals surface area contributed by atoms with Gasteiger partial charge in [-0.25, -0.2) is 8.78 Å². The van der Waals surface area contributed by atoms with Crippen LogP contribution in [-0.2, 0) is 16.1 Å². The molecule has 2 N–H and O–H groups in total. The first-order valence-corrected chi connectivity index (χ1v) is 8.98. The minimum absolute atomic E-state index is 0.0362. The quantitative estimate of drug-likeness (QED) is 0.508. The Morgan fingerprint density at radius 1 is 0.857 bits per heavy atom. The maximum Gasteiger partial charge on any atom is 0.313 e. The number of amides is 2. The largest absolute Gasteiger partial charge is 0.343 e. The summed E-state index contributed by atoms with van der Waals surface area (Å²) in [5, 5.41) is 4.60. The van der Waals surface area contributed by atoms with Crippen molar-refractivity contribution >= 4 is 34.6 Å². The highest BCUT2D eigenvalue weighted by Gasteiger charge is 2.16. The SMILES string of the molecule is O=C(NCc1ccc(C(=O)c2ccccc2)s1)C(=O)Nc1ccc(F)c(F)c1. The minimum Gasteiger partial charge on any atom is -0.343 e. The van der Waals surface area contributed by atoms with Crippen LogP contribution in [0.4, 0.5) is 14.5 Å². The molecule has 2 aromatic carbocycles. The van der Waals surface area contributed by atoms with Gasteiger partial charge in [0.15, 0.2) is 11.6 Å². The summed E-state index contributed by atoms with van der Waals surface area (Å²) in [5.41, 5.74) is 0.525. The van der Waals surface area contributed by atoms with Gasteiger partial charge in [0.2, 0.25) is 5.78 Å². The van der Waals surface area contributed by atoms with Gasteiger partial charge in [-0.2, -0.15) is 0 Å². The highest BCUT2D eigenvalue weighted by Crippen LogP contribution is 2.20. The molecular formula is C20H14F2N2O3S. The summed E-state index contributed by atoms with van der Waals surface area (Å²) in [4.78, 5) is 37.3. The predicted octanol–water partition coefficient (Wildman–Crippen LogP) is 3.51. The van der Waals surface area contributed by atoms with E-state index >= 15 is 0 Å². The second-order valence-electron chi connectivity index (χ2n) is 5.73. The number of hydrogen-bond donors (Lipinski definition) is 2. The Morgan fingerprint density at radius 3 is 2.32 bits per heavy atom. The molecule has 0 aliphatic carbocycles. The summed E-state index contributed by atoms with van der Waals surface area (Å²) in [5.74, 6) is -4.26. The van der Waals surface area contributed by atoms with E-state index in [1.54, 1.807) is 36.4 Å². The minimum atomic E-state index is -1.13. The first kappa shape index (κ1) is 19.4. The van der Waals surface area contributed by atoms with Crippen LogP contribution in [0, 0.1) is 11.6 Å². The Labute approximate surface area is 163 Å². The van der Waals surface area contributed by atoms with Gasteiger partial charge in [-0.1, -0.05) is 30.3 Å². The molecule has 5 nitrogen and oxygen atoms in total. The molecule has 8 heteroatoms. The highest BCUT2D eigenvalue weighted by atomic mass is 32.1. The molecular weight excluding hydrogens is 386 g/mol. The second kappa shape index (κ2) is 8.53. The smallest absolute Gasteiger partial charge is 0.313 e. The van der Waals surface area contributed by atoms with E-state index in [0.29, 0.717) is 15.3 Å². The monoisotopic (exact) mass is 400 g/mol. The van der Waals surface area contributed by atoms with Crippen LogP contribution in [0.5, 0.6) is 0 Å². The topological polar surface area (TPSA) is 75.3 Å². The first-order chi connectivity index (χ1) is 13.4. The van der Waals surface area contributed by atoms with Gasteiger partial charge in [0.25, 0.3) is 0 Å². The van der Waals surface area contributed by atoms with Crippen LogP contribution in [0.2, 0.25) is 0 Å². The molecule has 0 bridgehead atoms. The summed E-state index contributed by atoms with van der Waals surface area (Å²) in [7, 11) is 0. The van der Waals surface area contributed by atoms with Crippen molar-refractivity contribution < 1.29 is 23.2 Å². The number of halogens is 2. The van der Waals surface area contributed by atoms with Crippen LogP contribution in [0.25, 0.3) is 0 Å². The summed E-state index contributed by atoms with van der Waals surface area (Å²) >= 11 is 1.21. The molecule has 0 unspecified atom stereocenters. The Bertz CT molecular complexity index is 1030. The summed E-state index contributed by atoms with van der Waals surface area (Å²) in [6, 6.07) is 14.9. The van der Waals surface area contributed by atoms with Crippen molar-refractivity contribution in [3.8, 4) is 0 Å². The molecule has 28 heavy (non-hydrogen) atoms. The average molecular weight is 400 g/mol.